The summed E-state index contributed by atoms with van der Waals surface area (Å²) in [6.45, 7) is 0. The first-order valence-corrected chi connectivity index (χ1v) is 4.51. The van der Waals surface area contributed by atoms with Crippen LogP contribution in [-0.4, -0.2) is 10.9 Å². The van der Waals surface area contributed by atoms with Crippen LogP contribution in [0.1, 0.15) is 10.4 Å². The van der Waals surface area contributed by atoms with E-state index in [-0.39, 0.29) is 0 Å². The van der Waals surface area contributed by atoms with Gasteiger partial charge in [0.05, 0.1) is 6.20 Å². The number of primary amides is 1. The van der Waals surface area contributed by atoms with Crippen molar-refractivity contribution in [2.45, 2.75) is 0 Å². The first kappa shape index (κ1) is 9.40. The maximum absolute atomic E-state index is 11.2. The second-order valence-corrected chi connectivity index (χ2v) is 3.07. The third-order valence-electron chi connectivity index (χ3n) is 2.09. The third-order valence-corrected chi connectivity index (χ3v) is 2.09. The van der Waals surface area contributed by atoms with Crippen molar-refractivity contribution in [3.63, 3.8) is 0 Å². The summed E-state index contributed by atoms with van der Waals surface area (Å²) in [5.41, 5.74) is 7.30. The van der Waals surface area contributed by atoms with Crippen molar-refractivity contribution < 1.29 is 4.79 Å². The van der Waals surface area contributed by atoms with Gasteiger partial charge in [0.25, 0.3) is 0 Å². The highest BCUT2D eigenvalue weighted by atomic mass is 16.1. The van der Waals surface area contributed by atoms with E-state index in [0.29, 0.717) is 5.56 Å². The fraction of sp³-hybridized carbons (Fsp3) is 0. The molecule has 2 N–H and O–H groups in total. The molecule has 2 aromatic rings. The zero-order valence-electron chi connectivity index (χ0n) is 7.97. The van der Waals surface area contributed by atoms with Crippen LogP contribution in [0.3, 0.4) is 0 Å². The topological polar surface area (TPSA) is 56.0 Å². The lowest BCUT2D eigenvalue weighted by molar-refractivity contribution is 0.100. The summed E-state index contributed by atoms with van der Waals surface area (Å²) < 4.78 is 0. The van der Waals surface area contributed by atoms with Crippen molar-refractivity contribution >= 4 is 5.91 Å². The van der Waals surface area contributed by atoms with Gasteiger partial charge in [-0.25, -0.2) is 0 Å². The molecule has 0 saturated carbocycles. The molecule has 0 aliphatic rings. The summed E-state index contributed by atoms with van der Waals surface area (Å²) in [5, 5.41) is 0. The number of nitrogens with zero attached hydrogens (tertiary/aromatic N) is 1. The Balaban J connectivity index is 2.58. The number of benzene rings is 1. The van der Waals surface area contributed by atoms with Gasteiger partial charge >= 0.3 is 0 Å². The molecule has 0 saturated heterocycles. The Kier molecular flexibility index (Phi) is 2.46. The van der Waals surface area contributed by atoms with Gasteiger partial charge < -0.3 is 5.73 Å². The fourth-order valence-electron chi connectivity index (χ4n) is 1.41. The number of pyridine rings is 1. The van der Waals surface area contributed by atoms with Crippen LogP contribution in [0.25, 0.3) is 11.1 Å². The van der Waals surface area contributed by atoms with Gasteiger partial charge in [-0.3, -0.25) is 9.78 Å². The molecule has 3 nitrogen and oxygen atoms in total. The molecule has 0 atom stereocenters. The average Bonchev–Trinajstić information content (AvgIpc) is 2.30. The molecule has 2 rings (SSSR count). The number of hydrogen-bond donors (Lipinski definition) is 1. The van der Waals surface area contributed by atoms with Gasteiger partial charge in [-0.15, -0.1) is 0 Å². The van der Waals surface area contributed by atoms with Crippen LogP contribution < -0.4 is 5.73 Å². The molecule has 0 unspecified atom stereocenters. The second kappa shape index (κ2) is 3.92. The van der Waals surface area contributed by atoms with E-state index >= 15 is 0 Å². The number of rotatable bonds is 2. The zero-order chi connectivity index (χ0) is 10.7. The predicted molar refractivity (Wildman–Crippen MR) is 57.0 cm³/mol. The molecule has 1 aromatic heterocycles. The van der Waals surface area contributed by atoms with Crippen LogP contribution in [0.2, 0.25) is 0 Å². The minimum absolute atomic E-state index is 0.442. The first-order chi connectivity index (χ1) is 7.29. The maximum atomic E-state index is 11.2. The maximum Gasteiger partial charge on any atom is 0.249 e. The van der Waals surface area contributed by atoms with Gasteiger partial charge in [-0.05, 0) is 17.7 Å². The van der Waals surface area contributed by atoms with E-state index in [1.165, 1.54) is 0 Å². The molecular formula is C12H9N2O. The molecule has 0 bridgehead atoms. The lowest BCUT2D eigenvalue weighted by atomic mass is 10.0. The van der Waals surface area contributed by atoms with Crippen molar-refractivity contribution in [2.24, 2.45) is 5.73 Å². The van der Waals surface area contributed by atoms with E-state index in [1.54, 1.807) is 24.4 Å². The quantitative estimate of drug-likeness (QED) is 0.795. The Morgan fingerprint density at radius 2 is 2.00 bits per heavy atom. The third kappa shape index (κ3) is 1.86. The highest BCUT2D eigenvalue weighted by molar-refractivity contribution is 5.99. The van der Waals surface area contributed by atoms with E-state index in [2.05, 4.69) is 11.2 Å². The van der Waals surface area contributed by atoms with E-state index in [0.717, 1.165) is 11.1 Å². The number of aromatic nitrogens is 1. The van der Waals surface area contributed by atoms with Crippen LogP contribution in [0.15, 0.2) is 42.6 Å². The molecule has 1 aromatic carbocycles. The van der Waals surface area contributed by atoms with Crippen LogP contribution in [-0.2, 0) is 0 Å². The van der Waals surface area contributed by atoms with Crippen molar-refractivity contribution in [1.82, 2.24) is 4.98 Å². The lowest BCUT2D eigenvalue weighted by Crippen LogP contribution is -2.12. The van der Waals surface area contributed by atoms with Crippen LogP contribution >= 0.6 is 0 Å². The normalized spacial score (nSPS) is 9.87. The molecule has 0 aliphatic heterocycles. The summed E-state index contributed by atoms with van der Waals surface area (Å²) in [6, 6.07) is 10.8. The van der Waals surface area contributed by atoms with Gasteiger partial charge in [-0.2, -0.15) is 0 Å². The molecular weight excluding hydrogens is 188 g/mol. The predicted octanol–water partition coefficient (Wildman–Crippen LogP) is 1.65. The molecule has 3 heteroatoms. The van der Waals surface area contributed by atoms with Crippen LogP contribution in [0.5, 0.6) is 0 Å². The van der Waals surface area contributed by atoms with Gasteiger partial charge in [0.1, 0.15) is 0 Å². The minimum atomic E-state index is -0.442. The van der Waals surface area contributed by atoms with E-state index in [4.69, 9.17) is 5.73 Å². The van der Waals surface area contributed by atoms with E-state index < -0.39 is 5.91 Å². The van der Waals surface area contributed by atoms with Gasteiger partial charge in [0.15, 0.2) is 0 Å². The largest absolute Gasteiger partial charge is 0.366 e. The molecule has 0 spiro atoms. The summed E-state index contributed by atoms with van der Waals surface area (Å²) in [4.78, 5) is 15.1. The zero-order valence-corrected chi connectivity index (χ0v) is 7.97. The molecule has 15 heavy (non-hydrogen) atoms. The van der Waals surface area contributed by atoms with Gasteiger partial charge in [-0.1, -0.05) is 24.3 Å². The Bertz CT molecular complexity index is 480. The highest BCUT2D eigenvalue weighted by Gasteiger charge is 2.08. The molecule has 1 amide bonds. The molecule has 1 heterocycles. The second-order valence-electron chi connectivity index (χ2n) is 3.07. The van der Waals surface area contributed by atoms with Gasteiger partial charge in [0, 0.05) is 17.3 Å². The number of hydrogen-bond acceptors (Lipinski definition) is 2. The minimum Gasteiger partial charge on any atom is -0.366 e. The number of amides is 1. The van der Waals surface area contributed by atoms with E-state index in [9.17, 15) is 4.79 Å². The summed E-state index contributed by atoms with van der Waals surface area (Å²) in [6.07, 6.45) is 4.46. The average molecular weight is 197 g/mol. The SMILES string of the molecule is NC(=O)c1ccccc1-c1[c]nccc1. The Hall–Kier alpha value is -2.16. The Morgan fingerprint density at radius 1 is 1.20 bits per heavy atom. The summed E-state index contributed by atoms with van der Waals surface area (Å²) >= 11 is 0. The molecule has 0 fully saturated rings. The van der Waals surface area contributed by atoms with Crippen LogP contribution in [0.4, 0.5) is 0 Å². The molecule has 73 valence electrons. The van der Waals surface area contributed by atoms with Crippen molar-refractivity contribution in [3.05, 3.63) is 54.4 Å². The summed E-state index contributed by atoms with van der Waals surface area (Å²) in [7, 11) is 0. The lowest BCUT2D eigenvalue weighted by Gasteiger charge is -2.04. The highest BCUT2D eigenvalue weighted by Crippen LogP contribution is 2.21. The Morgan fingerprint density at radius 3 is 2.67 bits per heavy atom. The van der Waals surface area contributed by atoms with Crippen molar-refractivity contribution in [2.75, 3.05) is 0 Å². The Labute approximate surface area is 87.6 Å². The number of nitrogens with two attached hydrogens (primary N) is 1. The van der Waals surface area contributed by atoms with E-state index in [1.807, 2.05) is 18.2 Å². The smallest absolute Gasteiger partial charge is 0.249 e. The standard InChI is InChI=1S/C12H9N2O/c13-12(15)11-6-2-1-5-10(11)9-4-3-7-14-8-9/h1-7H,(H2,13,15). The molecule has 1 radical (unpaired) electrons. The van der Waals surface area contributed by atoms with Gasteiger partial charge in [0.2, 0.25) is 5.91 Å². The number of carbonyl (C=O) groups excluding carboxylic acids is 1. The van der Waals surface area contributed by atoms with Crippen molar-refractivity contribution in [3.8, 4) is 11.1 Å². The fourth-order valence-corrected chi connectivity index (χ4v) is 1.41. The summed E-state index contributed by atoms with van der Waals surface area (Å²) in [5.74, 6) is -0.442. The monoisotopic (exact) mass is 197 g/mol. The first-order valence-electron chi connectivity index (χ1n) is 4.51. The molecule has 0 aliphatic carbocycles. The number of carbonyl (C=O) groups is 1. The van der Waals surface area contributed by atoms with Crippen LogP contribution in [0, 0.1) is 6.20 Å². The van der Waals surface area contributed by atoms with Crippen molar-refractivity contribution in [1.29, 1.82) is 0 Å².